The van der Waals surface area contributed by atoms with Gasteiger partial charge < -0.3 is 14.6 Å². The number of halogens is 3. The Morgan fingerprint density at radius 1 is 1.00 bits per heavy atom. The van der Waals surface area contributed by atoms with Gasteiger partial charge in [0.25, 0.3) is 5.91 Å². The van der Waals surface area contributed by atoms with Crippen LogP contribution in [0.15, 0.2) is 36.5 Å². The number of methoxy groups -OCH3 is 1. The van der Waals surface area contributed by atoms with Gasteiger partial charge in [-0.15, -0.1) is 11.3 Å². The average Bonchev–Trinajstić information content (AvgIpc) is 3.50. The van der Waals surface area contributed by atoms with Crippen LogP contribution in [0.25, 0.3) is 10.2 Å². The van der Waals surface area contributed by atoms with Gasteiger partial charge in [-0.25, -0.2) is 0 Å². The number of aryl methyl sites for hydroxylation is 1. The number of amides is 1. The normalized spacial score (nSPS) is 25.9. The number of hydrogen-bond donors (Lipinski definition) is 1. The molecule has 2 aromatic heterocycles. The Balaban J connectivity index is 1.24. The summed E-state index contributed by atoms with van der Waals surface area (Å²) in [5, 5.41) is 3.46. The minimum absolute atomic E-state index is 0.0176. The number of carbonyl (C=O) groups is 2. The fourth-order valence-corrected chi connectivity index (χ4v) is 8.26. The fourth-order valence-electron chi connectivity index (χ4n) is 7.20. The molecular formula is C29H31F3N2O3S. The van der Waals surface area contributed by atoms with E-state index in [-0.39, 0.29) is 28.2 Å². The lowest BCUT2D eigenvalue weighted by atomic mass is 9.50. The number of carbonyl (C=O) groups excluding carboxylic acids is 2. The van der Waals surface area contributed by atoms with Crippen molar-refractivity contribution in [3.63, 3.8) is 0 Å². The van der Waals surface area contributed by atoms with Crippen molar-refractivity contribution in [2.75, 3.05) is 7.11 Å². The number of nitrogens with one attached hydrogen (secondary N) is 1. The van der Waals surface area contributed by atoms with E-state index >= 15 is 0 Å². The highest BCUT2D eigenvalue weighted by Crippen LogP contribution is 2.67. The summed E-state index contributed by atoms with van der Waals surface area (Å²) in [4.78, 5) is 27.3. The molecule has 1 aromatic carbocycles. The lowest BCUT2D eigenvalue weighted by Crippen LogP contribution is -2.57. The third kappa shape index (κ3) is 3.88. The molecule has 7 rings (SSSR count). The van der Waals surface area contributed by atoms with Gasteiger partial charge in [0.1, 0.15) is 0 Å². The Bertz CT molecular complexity index is 1390. The Labute approximate surface area is 223 Å². The smallest absolute Gasteiger partial charge is 0.416 e. The van der Waals surface area contributed by atoms with E-state index in [1.54, 1.807) is 11.3 Å². The molecule has 2 heterocycles. The van der Waals surface area contributed by atoms with Crippen LogP contribution in [0.2, 0.25) is 0 Å². The Morgan fingerprint density at radius 2 is 1.63 bits per heavy atom. The minimum Gasteiger partial charge on any atom is -0.469 e. The average molecular weight is 545 g/mol. The summed E-state index contributed by atoms with van der Waals surface area (Å²) < 4.78 is 47.0. The van der Waals surface area contributed by atoms with E-state index in [1.807, 2.05) is 23.8 Å². The van der Waals surface area contributed by atoms with Crippen molar-refractivity contribution in [3.05, 3.63) is 58.1 Å². The first-order valence-electron chi connectivity index (χ1n) is 13.2. The molecule has 1 N–H and O–H groups in total. The number of thiophene rings is 1. The van der Waals surface area contributed by atoms with E-state index in [0.717, 1.165) is 84.2 Å². The van der Waals surface area contributed by atoms with E-state index < -0.39 is 11.7 Å². The van der Waals surface area contributed by atoms with Crippen LogP contribution in [0, 0.1) is 17.8 Å². The number of rotatable bonds is 6. The number of aromatic nitrogens is 1. The number of nitrogens with zero attached hydrogens (tertiary/aromatic N) is 1. The van der Waals surface area contributed by atoms with Crippen LogP contribution in [0.4, 0.5) is 13.2 Å². The third-order valence-corrected chi connectivity index (χ3v) is 10.7. The molecule has 202 valence electrons. The molecule has 0 saturated heterocycles. The molecule has 0 spiro atoms. The third-order valence-electron chi connectivity index (χ3n) is 9.62. The van der Waals surface area contributed by atoms with Gasteiger partial charge in [0.15, 0.2) is 0 Å². The Morgan fingerprint density at radius 3 is 2.18 bits per heavy atom. The van der Waals surface area contributed by atoms with Crippen LogP contribution in [0.5, 0.6) is 0 Å². The van der Waals surface area contributed by atoms with Crippen molar-refractivity contribution in [1.29, 1.82) is 0 Å². The highest BCUT2D eigenvalue weighted by atomic mass is 32.1. The zero-order valence-electron chi connectivity index (χ0n) is 21.5. The standard InChI is InChI=1S/C29H31F3N2O3S/c1-18-22(23-21(38-18)7-16-34(23)17-19-3-5-20(6-4-19)29(30,31)32)24(35)33-28(14-15-28)27-11-8-26(9-12-27,10-13-27)25(36)37-2/h3-7,16H,8-15,17H2,1-2H3,(H,33,35). The molecule has 0 atom stereocenters. The maximum atomic E-state index is 13.9. The lowest BCUT2D eigenvalue weighted by Gasteiger charge is -2.55. The van der Waals surface area contributed by atoms with E-state index in [9.17, 15) is 22.8 Å². The van der Waals surface area contributed by atoms with E-state index in [0.29, 0.717) is 12.1 Å². The van der Waals surface area contributed by atoms with Crippen molar-refractivity contribution >= 4 is 33.4 Å². The summed E-state index contributed by atoms with van der Waals surface area (Å²) in [5.74, 6) is -0.173. The highest BCUT2D eigenvalue weighted by Gasteiger charge is 2.65. The Kier molecular flexibility index (Phi) is 5.76. The lowest BCUT2D eigenvalue weighted by molar-refractivity contribution is -0.164. The zero-order chi connectivity index (χ0) is 26.9. The topological polar surface area (TPSA) is 60.3 Å². The molecule has 3 aromatic rings. The minimum atomic E-state index is -4.37. The molecule has 9 heteroatoms. The molecule has 0 aliphatic heterocycles. The maximum Gasteiger partial charge on any atom is 0.416 e. The second-order valence-corrected chi connectivity index (χ2v) is 12.7. The van der Waals surface area contributed by atoms with Gasteiger partial charge >= 0.3 is 12.1 Å². The monoisotopic (exact) mass is 544 g/mol. The molecular weight excluding hydrogens is 513 g/mol. The first-order chi connectivity index (χ1) is 18.0. The largest absolute Gasteiger partial charge is 0.469 e. The molecule has 2 bridgehead atoms. The molecule has 4 aliphatic carbocycles. The highest BCUT2D eigenvalue weighted by molar-refractivity contribution is 7.19. The summed E-state index contributed by atoms with van der Waals surface area (Å²) in [6, 6.07) is 7.15. The summed E-state index contributed by atoms with van der Waals surface area (Å²) >= 11 is 1.56. The first kappa shape index (κ1) is 25.5. The van der Waals surface area contributed by atoms with Gasteiger partial charge in [-0.05, 0) is 87.5 Å². The molecule has 0 radical (unpaired) electrons. The molecule has 1 amide bonds. The number of fused-ring (bicyclic) bond motifs is 4. The van der Waals surface area contributed by atoms with Crippen LogP contribution in [-0.4, -0.2) is 29.1 Å². The fraction of sp³-hybridized carbons (Fsp3) is 0.517. The predicted molar refractivity (Wildman–Crippen MR) is 139 cm³/mol. The summed E-state index contributed by atoms with van der Waals surface area (Å²) in [5.41, 5.74) is 0.971. The van der Waals surface area contributed by atoms with E-state index in [1.165, 1.54) is 19.2 Å². The van der Waals surface area contributed by atoms with Gasteiger partial charge in [0, 0.05) is 23.2 Å². The maximum absolute atomic E-state index is 13.9. The zero-order valence-corrected chi connectivity index (χ0v) is 22.4. The van der Waals surface area contributed by atoms with Gasteiger partial charge in [-0.1, -0.05) is 12.1 Å². The number of esters is 1. The number of ether oxygens (including phenoxy) is 1. The molecule has 4 aliphatic rings. The van der Waals surface area contributed by atoms with Crippen molar-refractivity contribution in [1.82, 2.24) is 9.88 Å². The van der Waals surface area contributed by atoms with Gasteiger partial charge in [0.2, 0.25) is 0 Å². The van der Waals surface area contributed by atoms with Crippen LogP contribution >= 0.6 is 11.3 Å². The van der Waals surface area contributed by atoms with Crippen LogP contribution < -0.4 is 5.32 Å². The quantitative estimate of drug-likeness (QED) is 0.345. The SMILES string of the molecule is COC(=O)C12CCC(C3(NC(=O)c4c(C)sc5ccn(Cc6ccc(C(F)(F)F)cc6)c45)CC3)(CC1)CC2. The molecule has 4 fully saturated rings. The second kappa shape index (κ2) is 8.60. The van der Waals surface area contributed by atoms with Crippen LogP contribution in [-0.2, 0) is 22.3 Å². The summed E-state index contributed by atoms with van der Waals surface area (Å²) in [6.45, 7) is 2.33. The molecule has 38 heavy (non-hydrogen) atoms. The van der Waals surface area contributed by atoms with Crippen molar-refractivity contribution in [2.45, 2.75) is 76.6 Å². The van der Waals surface area contributed by atoms with Crippen molar-refractivity contribution in [2.24, 2.45) is 10.8 Å². The van der Waals surface area contributed by atoms with Crippen LogP contribution in [0.1, 0.15) is 77.7 Å². The Hall–Kier alpha value is -2.81. The van der Waals surface area contributed by atoms with Gasteiger partial charge in [0.05, 0.1) is 33.9 Å². The first-order valence-corrected chi connectivity index (χ1v) is 14.0. The molecule has 5 nitrogen and oxygen atoms in total. The number of alkyl halides is 3. The van der Waals surface area contributed by atoms with E-state index in [2.05, 4.69) is 5.32 Å². The molecule has 4 saturated carbocycles. The summed E-state index contributed by atoms with van der Waals surface area (Å²) in [7, 11) is 1.47. The van der Waals surface area contributed by atoms with Gasteiger partial charge in [-0.3, -0.25) is 9.59 Å². The molecule has 0 unspecified atom stereocenters. The van der Waals surface area contributed by atoms with Crippen LogP contribution in [0.3, 0.4) is 0 Å². The van der Waals surface area contributed by atoms with Crippen molar-refractivity contribution in [3.8, 4) is 0 Å². The van der Waals surface area contributed by atoms with Gasteiger partial charge in [-0.2, -0.15) is 13.2 Å². The summed E-state index contributed by atoms with van der Waals surface area (Å²) in [6.07, 6.45) is 4.63. The van der Waals surface area contributed by atoms with Crippen molar-refractivity contribution < 1.29 is 27.5 Å². The predicted octanol–water partition coefficient (Wildman–Crippen LogP) is 6.85. The number of benzene rings is 1. The van der Waals surface area contributed by atoms with E-state index in [4.69, 9.17) is 4.74 Å². The number of hydrogen-bond acceptors (Lipinski definition) is 4. The second-order valence-electron chi connectivity index (χ2n) is 11.5.